The Labute approximate surface area is 136 Å². The summed E-state index contributed by atoms with van der Waals surface area (Å²) in [6.07, 6.45) is 2.48. The van der Waals surface area contributed by atoms with Crippen molar-refractivity contribution in [2.45, 2.75) is 4.90 Å². The summed E-state index contributed by atoms with van der Waals surface area (Å²) < 4.78 is 34.5. The highest BCUT2D eigenvalue weighted by atomic mass is 32.3. The second-order valence-corrected chi connectivity index (χ2v) is 5.99. The summed E-state index contributed by atoms with van der Waals surface area (Å²) in [5, 5.41) is 13.0. The molecule has 2 aromatic rings. The standard InChI is InChI=1S/C15H11FN2O5S/c16-24(22,23)14-6-2-4-12(10-14)17-15(19)8-7-11-3-1-5-13(9-11)18(20)21/h1-10H,(H,17,19). The van der Waals surface area contributed by atoms with Gasteiger partial charge in [-0.05, 0) is 29.8 Å². The number of hydrogen-bond donors (Lipinski definition) is 1. The number of halogens is 1. The van der Waals surface area contributed by atoms with Crippen LogP contribution >= 0.6 is 0 Å². The lowest BCUT2D eigenvalue weighted by molar-refractivity contribution is -0.384. The molecule has 0 saturated carbocycles. The van der Waals surface area contributed by atoms with Crippen molar-refractivity contribution in [3.63, 3.8) is 0 Å². The number of carbonyl (C=O) groups excluding carboxylic acids is 1. The average Bonchev–Trinajstić information content (AvgIpc) is 2.52. The summed E-state index contributed by atoms with van der Waals surface area (Å²) in [5.41, 5.74) is 0.431. The van der Waals surface area contributed by atoms with E-state index in [0.29, 0.717) is 5.56 Å². The lowest BCUT2D eigenvalue weighted by atomic mass is 10.2. The molecule has 0 fully saturated rings. The number of nitro benzene ring substituents is 1. The molecule has 0 heterocycles. The zero-order valence-corrected chi connectivity index (χ0v) is 12.9. The lowest BCUT2D eigenvalue weighted by Gasteiger charge is -2.03. The minimum Gasteiger partial charge on any atom is -0.322 e. The first-order chi connectivity index (χ1) is 11.3. The fraction of sp³-hybridized carbons (Fsp3) is 0. The maximum atomic E-state index is 12.9. The molecule has 7 nitrogen and oxygen atoms in total. The molecule has 24 heavy (non-hydrogen) atoms. The summed E-state index contributed by atoms with van der Waals surface area (Å²) in [4.78, 5) is 21.3. The van der Waals surface area contributed by atoms with Crippen molar-refractivity contribution < 1.29 is 22.0 Å². The zero-order chi connectivity index (χ0) is 17.7. The Bertz CT molecular complexity index is 925. The van der Waals surface area contributed by atoms with Gasteiger partial charge in [-0.3, -0.25) is 14.9 Å². The fourth-order valence-corrected chi connectivity index (χ4v) is 2.33. The second kappa shape index (κ2) is 7.01. The van der Waals surface area contributed by atoms with Crippen LogP contribution in [0.25, 0.3) is 6.08 Å². The van der Waals surface area contributed by atoms with Gasteiger partial charge in [0.15, 0.2) is 0 Å². The van der Waals surface area contributed by atoms with Gasteiger partial charge in [-0.1, -0.05) is 18.2 Å². The molecule has 0 atom stereocenters. The van der Waals surface area contributed by atoms with E-state index in [1.165, 1.54) is 36.4 Å². The van der Waals surface area contributed by atoms with Crippen LogP contribution in [0, 0.1) is 10.1 Å². The highest BCUT2D eigenvalue weighted by molar-refractivity contribution is 7.86. The third-order valence-electron chi connectivity index (χ3n) is 2.89. The number of anilines is 1. The molecule has 0 aliphatic heterocycles. The van der Waals surface area contributed by atoms with Crippen molar-refractivity contribution in [2.75, 3.05) is 5.32 Å². The third kappa shape index (κ3) is 4.71. The molecule has 2 rings (SSSR count). The number of benzene rings is 2. The van der Waals surface area contributed by atoms with Gasteiger partial charge >= 0.3 is 10.2 Å². The molecular weight excluding hydrogens is 339 g/mol. The molecular formula is C15H11FN2O5S. The molecule has 0 aliphatic rings. The van der Waals surface area contributed by atoms with Gasteiger partial charge in [0.2, 0.25) is 5.91 Å². The van der Waals surface area contributed by atoms with E-state index in [4.69, 9.17) is 0 Å². The minimum absolute atomic E-state index is 0.0995. The van der Waals surface area contributed by atoms with E-state index in [-0.39, 0.29) is 11.4 Å². The van der Waals surface area contributed by atoms with E-state index in [0.717, 1.165) is 18.2 Å². The van der Waals surface area contributed by atoms with E-state index < -0.39 is 25.9 Å². The van der Waals surface area contributed by atoms with Crippen molar-refractivity contribution in [3.05, 3.63) is 70.3 Å². The molecule has 0 radical (unpaired) electrons. The fourth-order valence-electron chi connectivity index (χ4n) is 1.82. The van der Waals surface area contributed by atoms with Crippen molar-refractivity contribution in [1.82, 2.24) is 0 Å². The van der Waals surface area contributed by atoms with Gasteiger partial charge in [0.05, 0.1) is 4.92 Å². The Hall–Kier alpha value is -3.07. The van der Waals surface area contributed by atoms with Crippen molar-refractivity contribution in [3.8, 4) is 0 Å². The Morgan fingerprint density at radius 3 is 2.54 bits per heavy atom. The Balaban J connectivity index is 2.11. The number of carbonyl (C=O) groups is 1. The molecule has 0 aromatic heterocycles. The number of nitrogens with zero attached hydrogens (tertiary/aromatic N) is 1. The maximum absolute atomic E-state index is 12.9. The van der Waals surface area contributed by atoms with E-state index in [1.807, 2.05) is 0 Å². The maximum Gasteiger partial charge on any atom is 0.332 e. The van der Waals surface area contributed by atoms with E-state index in [2.05, 4.69) is 5.32 Å². The number of rotatable bonds is 5. The molecule has 0 spiro atoms. The van der Waals surface area contributed by atoms with Gasteiger partial charge in [0.25, 0.3) is 5.69 Å². The Morgan fingerprint density at radius 1 is 1.17 bits per heavy atom. The third-order valence-corrected chi connectivity index (χ3v) is 3.71. The summed E-state index contributed by atoms with van der Waals surface area (Å²) >= 11 is 0. The Kier molecular flexibility index (Phi) is 5.05. The quantitative estimate of drug-likeness (QED) is 0.386. The normalized spacial score (nSPS) is 11.4. The predicted octanol–water partition coefficient (Wildman–Crippen LogP) is 2.90. The largest absolute Gasteiger partial charge is 0.332 e. The molecule has 124 valence electrons. The molecule has 1 amide bonds. The van der Waals surface area contributed by atoms with Crippen LogP contribution in [-0.2, 0) is 15.0 Å². The van der Waals surface area contributed by atoms with Gasteiger partial charge in [-0.2, -0.15) is 8.42 Å². The second-order valence-electron chi connectivity index (χ2n) is 4.64. The number of non-ortho nitro benzene ring substituents is 1. The van der Waals surface area contributed by atoms with Crippen LogP contribution < -0.4 is 5.32 Å². The summed E-state index contributed by atoms with van der Waals surface area (Å²) in [7, 11) is -4.86. The van der Waals surface area contributed by atoms with E-state index in [9.17, 15) is 27.2 Å². The van der Waals surface area contributed by atoms with E-state index in [1.54, 1.807) is 6.07 Å². The monoisotopic (exact) mass is 350 g/mol. The number of nitrogens with one attached hydrogen (secondary N) is 1. The Morgan fingerprint density at radius 2 is 1.88 bits per heavy atom. The van der Waals surface area contributed by atoms with Crippen LogP contribution in [0.5, 0.6) is 0 Å². The lowest BCUT2D eigenvalue weighted by Crippen LogP contribution is -2.08. The first-order valence-corrected chi connectivity index (χ1v) is 7.92. The van der Waals surface area contributed by atoms with Gasteiger partial charge < -0.3 is 5.32 Å². The molecule has 0 aliphatic carbocycles. The molecule has 1 N–H and O–H groups in total. The SMILES string of the molecule is O=C(C=Cc1cccc([N+](=O)[O-])c1)Nc1cccc(S(=O)(=O)F)c1. The average molecular weight is 350 g/mol. The van der Waals surface area contributed by atoms with Crippen molar-refractivity contribution >= 4 is 33.6 Å². The van der Waals surface area contributed by atoms with Crippen LogP contribution in [0.4, 0.5) is 15.3 Å². The van der Waals surface area contributed by atoms with Crippen LogP contribution in [0.15, 0.2) is 59.5 Å². The molecule has 0 unspecified atom stereocenters. The van der Waals surface area contributed by atoms with Gasteiger partial charge in [-0.25, -0.2) is 0 Å². The molecule has 9 heteroatoms. The first-order valence-electron chi connectivity index (χ1n) is 6.54. The molecule has 0 saturated heterocycles. The highest BCUT2D eigenvalue weighted by Gasteiger charge is 2.12. The van der Waals surface area contributed by atoms with Crippen LogP contribution in [0.2, 0.25) is 0 Å². The van der Waals surface area contributed by atoms with Gasteiger partial charge in [-0.15, -0.1) is 3.89 Å². The summed E-state index contributed by atoms with van der Waals surface area (Å²) in [5.74, 6) is -0.602. The van der Waals surface area contributed by atoms with Crippen LogP contribution in [0.3, 0.4) is 0 Å². The van der Waals surface area contributed by atoms with E-state index >= 15 is 0 Å². The minimum atomic E-state index is -4.86. The van der Waals surface area contributed by atoms with Gasteiger partial charge in [0.1, 0.15) is 4.90 Å². The van der Waals surface area contributed by atoms with Crippen LogP contribution in [0.1, 0.15) is 5.56 Å². The first kappa shape index (κ1) is 17.3. The summed E-state index contributed by atoms with van der Waals surface area (Å²) in [6.45, 7) is 0. The van der Waals surface area contributed by atoms with Crippen molar-refractivity contribution in [1.29, 1.82) is 0 Å². The number of hydrogen-bond acceptors (Lipinski definition) is 5. The van der Waals surface area contributed by atoms with Crippen molar-refractivity contribution in [2.24, 2.45) is 0 Å². The number of nitro groups is 1. The van der Waals surface area contributed by atoms with Gasteiger partial charge in [0, 0.05) is 23.9 Å². The molecule has 2 aromatic carbocycles. The zero-order valence-electron chi connectivity index (χ0n) is 12.0. The van der Waals surface area contributed by atoms with Crippen LogP contribution in [-0.4, -0.2) is 19.2 Å². The highest BCUT2D eigenvalue weighted by Crippen LogP contribution is 2.18. The topological polar surface area (TPSA) is 106 Å². The number of amides is 1. The smallest absolute Gasteiger partial charge is 0.322 e. The predicted molar refractivity (Wildman–Crippen MR) is 85.5 cm³/mol. The summed E-state index contributed by atoms with van der Waals surface area (Å²) in [6, 6.07) is 10.4. The molecule has 0 bridgehead atoms.